The number of amides is 4. The number of H-pyrrole nitrogens is 1. The number of fused-ring (bicyclic) bond motifs is 1. The number of nitrogens with one attached hydrogen (secondary N) is 3. The predicted molar refractivity (Wildman–Crippen MR) is 108 cm³/mol. The number of carbonyl (C=O) groups is 3. The molecule has 4 rings (SSSR count). The van der Waals surface area contributed by atoms with Crippen molar-refractivity contribution in [1.82, 2.24) is 25.5 Å². The summed E-state index contributed by atoms with van der Waals surface area (Å²) in [5.41, 5.74) is 1.04. The summed E-state index contributed by atoms with van der Waals surface area (Å²) in [5.74, 6) is 0.426. The lowest BCUT2D eigenvalue weighted by molar-refractivity contribution is -0.131. The highest BCUT2D eigenvalue weighted by molar-refractivity contribution is 6.07. The molecule has 1 saturated carbocycles. The van der Waals surface area contributed by atoms with Gasteiger partial charge in [-0.2, -0.15) is 0 Å². The Labute approximate surface area is 169 Å². The number of imide groups is 1. The van der Waals surface area contributed by atoms with Crippen LogP contribution < -0.4 is 10.6 Å². The molecular formula is C21H27N5O3. The highest BCUT2D eigenvalue weighted by atomic mass is 16.2. The van der Waals surface area contributed by atoms with E-state index in [-0.39, 0.29) is 42.8 Å². The normalized spacial score (nSPS) is 19.3. The zero-order valence-corrected chi connectivity index (χ0v) is 16.8. The number of imidazole rings is 1. The highest BCUT2D eigenvalue weighted by Crippen LogP contribution is 2.35. The van der Waals surface area contributed by atoms with E-state index in [1.54, 1.807) is 0 Å². The van der Waals surface area contributed by atoms with Gasteiger partial charge in [0.25, 0.3) is 5.91 Å². The molecule has 29 heavy (non-hydrogen) atoms. The summed E-state index contributed by atoms with van der Waals surface area (Å²) in [5, 5.41) is 5.85. The average molecular weight is 397 g/mol. The van der Waals surface area contributed by atoms with E-state index in [2.05, 4.69) is 20.6 Å². The minimum atomic E-state index is -0.734. The first-order valence-electron chi connectivity index (χ1n) is 10.3. The van der Waals surface area contributed by atoms with Gasteiger partial charge in [-0.15, -0.1) is 0 Å². The van der Waals surface area contributed by atoms with Crippen LogP contribution in [-0.2, 0) is 9.59 Å². The first-order valence-corrected chi connectivity index (χ1v) is 10.3. The van der Waals surface area contributed by atoms with E-state index in [0.29, 0.717) is 18.7 Å². The number of aromatic nitrogens is 2. The van der Waals surface area contributed by atoms with E-state index in [0.717, 1.165) is 23.9 Å². The summed E-state index contributed by atoms with van der Waals surface area (Å²) in [6.45, 7) is 4.11. The maximum Gasteiger partial charge on any atom is 0.325 e. The van der Waals surface area contributed by atoms with Gasteiger partial charge in [0.1, 0.15) is 11.4 Å². The van der Waals surface area contributed by atoms with Gasteiger partial charge in [0.2, 0.25) is 5.91 Å². The van der Waals surface area contributed by atoms with Gasteiger partial charge in [0.05, 0.1) is 17.1 Å². The molecule has 1 saturated heterocycles. The van der Waals surface area contributed by atoms with Crippen LogP contribution in [0.1, 0.15) is 57.8 Å². The van der Waals surface area contributed by atoms with Crippen LogP contribution >= 0.6 is 0 Å². The van der Waals surface area contributed by atoms with E-state index in [4.69, 9.17) is 0 Å². The van der Waals surface area contributed by atoms with Crippen LogP contribution in [0.25, 0.3) is 11.0 Å². The van der Waals surface area contributed by atoms with Crippen molar-refractivity contribution in [3.05, 3.63) is 30.1 Å². The number of urea groups is 1. The van der Waals surface area contributed by atoms with Crippen molar-refractivity contribution in [1.29, 1.82) is 0 Å². The number of aromatic amines is 1. The Kier molecular flexibility index (Phi) is 5.02. The van der Waals surface area contributed by atoms with Crippen molar-refractivity contribution in [2.24, 2.45) is 5.92 Å². The summed E-state index contributed by atoms with van der Waals surface area (Å²) in [7, 11) is 0. The molecule has 1 unspecified atom stereocenters. The number of benzene rings is 1. The van der Waals surface area contributed by atoms with Crippen molar-refractivity contribution in [3.8, 4) is 0 Å². The quantitative estimate of drug-likeness (QED) is 0.651. The molecular weight excluding hydrogens is 370 g/mol. The number of para-hydroxylation sites is 2. The summed E-state index contributed by atoms with van der Waals surface area (Å²) in [4.78, 5) is 46.6. The summed E-state index contributed by atoms with van der Waals surface area (Å²) in [6, 6.07) is 7.06. The third kappa shape index (κ3) is 3.59. The smallest absolute Gasteiger partial charge is 0.325 e. The van der Waals surface area contributed by atoms with Gasteiger partial charge in [-0.1, -0.05) is 38.8 Å². The SMILES string of the molecule is CC(C)C(NC(=O)CCN1C(=O)NC2(CCCC2)C1=O)c1nc2ccccc2[nH]1. The molecule has 2 fully saturated rings. The highest BCUT2D eigenvalue weighted by Gasteiger charge is 2.52. The van der Waals surface area contributed by atoms with Gasteiger partial charge in [-0.25, -0.2) is 9.78 Å². The standard InChI is InChI=1S/C21H27N5O3/c1-13(2)17(18-22-14-7-3-4-8-15(14)23-18)24-16(27)9-12-26-19(28)21(25-20(26)29)10-5-6-11-21/h3-4,7-8,13,17H,5-6,9-12H2,1-2H3,(H,22,23)(H,24,27)(H,25,29). The lowest BCUT2D eigenvalue weighted by Gasteiger charge is -2.22. The molecule has 2 aromatic rings. The van der Waals surface area contributed by atoms with Crippen LogP contribution in [0.4, 0.5) is 4.79 Å². The van der Waals surface area contributed by atoms with E-state index in [9.17, 15) is 14.4 Å². The average Bonchev–Trinajstić information content (AvgIpc) is 3.37. The van der Waals surface area contributed by atoms with Crippen molar-refractivity contribution in [2.75, 3.05) is 6.54 Å². The zero-order valence-electron chi connectivity index (χ0n) is 16.8. The Hall–Kier alpha value is -2.90. The van der Waals surface area contributed by atoms with E-state index < -0.39 is 5.54 Å². The fourth-order valence-electron chi connectivity index (χ4n) is 4.33. The number of carbonyl (C=O) groups excluding carboxylic acids is 3. The van der Waals surface area contributed by atoms with Crippen molar-refractivity contribution < 1.29 is 14.4 Å². The molecule has 1 atom stereocenters. The Bertz CT molecular complexity index is 912. The van der Waals surface area contributed by atoms with Gasteiger partial charge in [-0.3, -0.25) is 14.5 Å². The minimum Gasteiger partial charge on any atom is -0.346 e. The lowest BCUT2D eigenvalue weighted by Crippen LogP contribution is -2.44. The van der Waals surface area contributed by atoms with Gasteiger partial charge in [0, 0.05) is 13.0 Å². The molecule has 2 heterocycles. The van der Waals surface area contributed by atoms with Gasteiger partial charge in [-0.05, 0) is 30.9 Å². The summed E-state index contributed by atoms with van der Waals surface area (Å²) < 4.78 is 0. The Morgan fingerprint density at radius 3 is 2.66 bits per heavy atom. The fraction of sp³-hybridized carbons (Fsp3) is 0.524. The molecule has 1 aromatic heterocycles. The topological polar surface area (TPSA) is 107 Å². The largest absolute Gasteiger partial charge is 0.346 e. The number of hydrogen-bond acceptors (Lipinski definition) is 4. The van der Waals surface area contributed by atoms with Crippen LogP contribution in [0.15, 0.2) is 24.3 Å². The van der Waals surface area contributed by atoms with Crippen molar-refractivity contribution >= 4 is 28.9 Å². The first kappa shape index (κ1) is 19.4. The van der Waals surface area contributed by atoms with Crippen LogP contribution in [0.3, 0.4) is 0 Å². The van der Waals surface area contributed by atoms with Crippen molar-refractivity contribution in [2.45, 2.75) is 57.5 Å². The molecule has 1 spiro atoms. The van der Waals surface area contributed by atoms with Gasteiger partial charge >= 0.3 is 6.03 Å². The molecule has 8 nitrogen and oxygen atoms in total. The maximum atomic E-state index is 12.7. The molecule has 1 aromatic carbocycles. The number of nitrogens with zero attached hydrogens (tertiary/aromatic N) is 2. The van der Waals surface area contributed by atoms with Gasteiger partial charge in [0.15, 0.2) is 0 Å². The second-order valence-corrected chi connectivity index (χ2v) is 8.35. The first-order chi connectivity index (χ1) is 13.9. The van der Waals surface area contributed by atoms with Crippen LogP contribution in [0.5, 0.6) is 0 Å². The molecule has 0 radical (unpaired) electrons. The Morgan fingerprint density at radius 2 is 1.97 bits per heavy atom. The van der Waals surface area contributed by atoms with Gasteiger partial charge < -0.3 is 15.6 Å². The van der Waals surface area contributed by atoms with E-state index in [1.807, 2.05) is 38.1 Å². The third-order valence-electron chi connectivity index (χ3n) is 5.95. The summed E-state index contributed by atoms with van der Waals surface area (Å²) in [6.07, 6.45) is 3.31. The van der Waals surface area contributed by atoms with E-state index in [1.165, 1.54) is 4.90 Å². The predicted octanol–water partition coefficient (Wildman–Crippen LogP) is 2.63. The monoisotopic (exact) mass is 397 g/mol. The fourth-order valence-corrected chi connectivity index (χ4v) is 4.33. The molecule has 4 amide bonds. The summed E-state index contributed by atoms with van der Waals surface area (Å²) >= 11 is 0. The third-order valence-corrected chi connectivity index (χ3v) is 5.95. The molecule has 2 aliphatic rings. The number of rotatable bonds is 6. The Balaban J connectivity index is 1.40. The van der Waals surface area contributed by atoms with Crippen molar-refractivity contribution in [3.63, 3.8) is 0 Å². The zero-order chi connectivity index (χ0) is 20.6. The maximum absolute atomic E-state index is 12.7. The molecule has 1 aliphatic heterocycles. The molecule has 8 heteroatoms. The van der Waals surface area contributed by atoms with Crippen LogP contribution in [0.2, 0.25) is 0 Å². The second kappa shape index (κ2) is 7.50. The molecule has 1 aliphatic carbocycles. The lowest BCUT2D eigenvalue weighted by atomic mass is 9.98. The molecule has 3 N–H and O–H groups in total. The number of hydrogen-bond donors (Lipinski definition) is 3. The molecule has 0 bridgehead atoms. The Morgan fingerprint density at radius 1 is 1.24 bits per heavy atom. The van der Waals surface area contributed by atoms with Crippen LogP contribution in [0, 0.1) is 5.92 Å². The van der Waals surface area contributed by atoms with Crippen LogP contribution in [-0.4, -0.2) is 44.8 Å². The second-order valence-electron chi connectivity index (χ2n) is 8.35. The van der Waals surface area contributed by atoms with E-state index >= 15 is 0 Å². The minimum absolute atomic E-state index is 0.0681. The molecule has 154 valence electrons.